The Morgan fingerprint density at radius 2 is 2.00 bits per heavy atom. The van der Waals surface area contributed by atoms with E-state index in [1.54, 1.807) is 12.1 Å². The fourth-order valence-corrected chi connectivity index (χ4v) is 1.78. The van der Waals surface area contributed by atoms with Gasteiger partial charge >= 0.3 is 0 Å². The quantitative estimate of drug-likeness (QED) is 0.869. The van der Waals surface area contributed by atoms with Gasteiger partial charge in [0.2, 0.25) is 0 Å². The SMILES string of the molecule is Cc1ccc(F)cc1COc1ccccc1C#CCO. The zero-order valence-electron chi connectivity index (χ0n) is 11.2. The molecule has 0 aliphatic carbocycles. The smallest absolute Gasteiger partial charge is 0.135 e. The standard InChI is InChI=1S/C17H15FO2/c1-13-8-9-16(18)11-15(13)12-20-17-7-3-2-5-14(17)6-4-10-19/h2-3,5,7-9,11,19H,10,12H2,1H3. The Bertz CT molecular complexity index is 654. The van der Waals surface area contributed by atoms with Crippen LogP contribution < -0.4 is 4.74 Å². The van der Waals surface area contributed by atoms with Crippen LogP contribution in [0.3, 0.4) is 0 Å². The zero-order valence-corrected chi connectivity index (χ0v) is 11.2. The van der Waals surface area contributed by atoms with Gasteiger partial charge in [-0.1, -0.05) is 30.0 Å². The zero-order chi connectivity index (χ0) is 14.4. The molecule has 2 rings (SSSR count). The number of hydrogen-bond acceptors (Lipinski definition) is 2. The molecular formula is C17H15FO2. The molecule has 20 heavy (non-hydrogen) atoms. The van der Waals surface area contributed by atoms with Crippen LogP contribution in [0.2, 0.25) is 0 Å². The van der Waals surface area contributed by atoms with Crippen molar-refractivity contribution >= 4 is 0 Å². The van der Waals surface area contributed by atoms with Gasteiger partial charge in [0.1, 0.15) is 24.8 Å². The number of hydrogen-bond donors (Lipinski definition) is 1. The molecule has 0 radical (unpaired) electrons. The van der Waals surface area contributed by atoms with Crippen molar-refractivity contribution in [1.82, 2.24) is 0 Å². The van der Waals surface area contributed by atoms with Gasteiger partial charge in [-0.15, -0.1) is 0 Å². The normalized spacial score (nSPS) is 9.75. The molecule has 0 amide bonds. The first kappa shape index (κ1) is 14.1. The van der Waals surface area contributed by atoms with Crippen LogP contribution in [0.4, 0.5) is 4.39 Å². The summed E-state index contributed by atoms with van der Waals surface area (Å²) in [5, 5.41) is 8.74. The molecule has 2 aromatic carbocycles. The summed E-state index contributed by atoms with van der Waals surface area (Å²) in [6.45, 7) is 1.99. The molecule has 0 saturated heterocycles. The first-order valence-electron chi connectivity index (χ1n) is 6.27. The van der Waals surface area contributed by atoms with Gasteiger partial charge in [-0.2, -0.15) is 0 Å². The minimum atomic E-state index is -0.275. The maximum absolute atomic E-state index is 13.2. The minimum Gasteiger partial charge on any atom is -0.488 e. The van der Waals surface area contributed by atoms with Gasteiger partial charge in [0.15, 0.2) is 0 Å². The minimum absolute atomic E-state index is 0.197. The topological polar surface area (TPSA) is 29.5 Å². The Kier molecular flexibility index (Phi) is 4.75. The number of benzene rings is 2. The van der Waals surface area contributed by atoms with Crippen LogP contribution >= 0.6 is 0 Å². The summed E-state index contributed by atoms with van der Waals surface area (Å²) in [5.41, 5.74) is 2.48. The summed E-state index contributed by atoms with van der Waals surface area (Å²) in [6, 6.07) is 11.9. The largest absolute Gasteiger partial charge is 0.488 e. The average molecular weight is 270 g/mol. The molecule has 0 bridgehead atoms. The van der Waals surface area contributed by atoms with Gasteiger partial charge in [0.05, 0.1) is 5.56 Å². The molecule has 0 aromatic heterocycles. The van der Waals surface area contributed by atoms with Crippen LogP contribution in [0.1, 0.15) is 16.7 Å². The Morgan fingerprint density at radius 1 is 1.20 bits per heavy atom. The Morgan fingerprint density at radius 3 is 2.80 bits per heavy atom. The summed E-state index contributed by atoms with van der Waals surface area (Å²) in [6.07, 6.45) is 0. The molecule has 0 fully saturated rings. The lowest BCUT2D eigenvalue weighted by Crippen LogP contribution is -2.00. The van der Waals surface area contributed by atoms with Crippen molar-refractivity contribution in [2.24, 2.45) is 0 Å². The lowest BCUT2D eigenvalue weighted by molar-refractivity contribution is 0.304. The molecule has 0 atom stereocenters. The molecule has 0 heterocycles. The van der Waals surface area contributed by atoms with Crippen molar-refractivity contribution in [2.45, 2.75) is 13.5 Å². The fraction of sp³-hybridized carbons (Fsp3) is 0.176. The molecule has 2 nitrogen and oxygen atoms in total. The highest BCUT2D eigenvalue weighted by molar-refractivity contribution is 5.46. The van der Waals surface area contributed by atoms with Crippen LogP contribution in [0.5, 0.6) is 5.75 Å². The summed E-state index contributed by atoms with van der Waals surface area (Å²) in [7, 11) is 0. The second-order valence-electron chi connectivity index (χ2n) is 4.32. The number of aliphatic hydroxyl groups is 1. The lowest BCUT2D eigenvalue weighted by Gasteiger charge is -2.10. The Balaban J connectivity index is 2.17. The number of para-hydroxylation sites is 1. The third kappa shape index (κ3) is 3.59. The number of aliphatic hydroxyl groups excluding tert-OH is 1. The monoisotopic (exact) mass is 270 g/mol. The highest BCUT2D eigenvalue weighted by Crippen LogP contribution is 2.19. The third-order valence-electron chi connectivity index (χ3n) is 2.88. The molecule has 0 aliphatic rings. The molecule has 0 unspecified atom stereocenters. The molecular weight excluding hydrogens is 255 g/mol. The van der Waals surface area contributed by atoms with Gasteiger partial charge in [-0.25, -0.2) is 4.39 Å². The van der Waals surface area contributed by atoms with Crippen LogP contribution in [-0.2, 0) is 6.61 Å². The van der Waals surface area contributed by atoms with E-state index in [-0.39, 0.29) is 19.0 Å². The predicted octanol–water partition coefficient (Wildman–Crippen LogP) is 3.06. The second kappa shape index (κ2) is 6.74. The van der Waals surface area contributed by atoms with Crippen molar-refractivity contribution in [1.29, 1.82) is 0 Å². The third-order valence-corrected chi connectivity index (χ3v) is 2.88. The molecule has 0 aliphatic heterocycles. The van der Waals surface area contributed by atoms with Gasteiger partial charge in [0, 0.05) is 0 Å². The van der Waals surface area contributed by atoms with E-state index in [0.717, 1.165) is 11.1 Å². The highest BCUT2D eigenvalue weighted by atomic mass is 19.1. The van der Waals surface area contributed by atoms with E-state index < -0.39 is 0 Å². The second-order valence-corrected chi connectivity index (χ2v) is 4.32. The van der Waals surface area contributed by atoms with Crippen LogP contribution in [-0.4, -0.2) is 11.7 Å². The van der Waals surface area contributed by atoms with Crippen molar-refractivity contribution < 1.29 is 14.2 Å². The first-order chi connectivity index (χ1) is 9.70. The van der Waals surface area contributed by atoms with E-state index >= 15 is 0 Å². The van der Waals surface area contributed by atoms with Crippen LogP contribution in [0.15, 0.2) is 42.5 Å². The fourth-order valence-electron chi connectivity index (χ4n) is 1.78. The molecule has 3 heteroatoms. The first-order valence-corrected chi connectivity index (χ1v) is 6.27. The molecule has 0 saturated carbocycles. The van der Waals surface area contributed by atoms with Crippen molar-refractivity contribution in [3.05, 3.63) is 65.0 Å². The average Bonchev–Trinajstić information content (AvgIpc) is 2.47. The van der Waals surface area contributed by atoms with E-state index in [1.165, 1.54) is 12.1 Å². The maximum atomic E-state index is 13.2. The Labute approximate surface area is 117 Å². The highest BCUT2D eigenvalue weighted by Gasteiger charge is 2.04. The van der Waals surface area contributed by atoms with Gasteiger partial charge in [-0.05, 0) is 42.3 Å². The van der Waals surface area contributed by atoms with Gasteiger partial charge in [-0.3, -0.25) is 0 Å². The number of ether oxygens (including phenoxy) is 1. The van der Waals surface area contributed by atoms with E-state index in [9.17, 15) is 4.39 Å². The van der Waals surface area contributed by atoms with Gasteiger partial charge < -0.3 is 9.84 Å². The Hall–Kier alpha value is -2.31. The predicted molar refractivity (Wildman–Crippen MR) is 75.9 cm³/mol. The van der Waals surface area contributed by atoms with Crippen molar-refractivity contribution in [3.63, 3.8) is 0 Å². The van der Waals surface area contributed by atoms with E-state index in [1.807, 2.05) is 25.1 Å². The number of aryl methyl sites for hydroxylation is 1. The molecule has 2 aromatic rings. The molecule has 0 spiro atoms. The lowest BCUT2D eigenvalue weighted by atomic mass is 10.1. The van der Waals surface area contributed by atoms with E-state index in [2.05, 4.69) is 11.8 Å². The van der Waals surface area contributed by atoms with E-state index in [4.69, 9.17) is 9.84 Å². The summed E-state index contributed by atoms with van der Waals surface area (Å²) >= 11 is 0. The summed E-state index contributed by atoms with van der Waals surface area (Å²) in [4.78, 5) is 0. The van der Waals surface area contributed by atoms with Crippen molar-refractivity contribution in [2.75, 3.05) is 6.61 Å². The molecule has 1 N–H and O–H groups in total. The van der Waals surface area contributed by atoms with Crippen LogP contribution in [0.25, 0.3) is 0 Å². The van der Waals surface area contributed by atoms with Crippen molar-refractivity contribution in [3.8, 4) is 17.6 Å². The molecule has 102 valence electrons. The number of rotatable bonds is 3. The maximum Gasteiger partial charge on any atom is 0.135 e. The summed E-state index contributed by atoms with van der Waals surface area (Å²) < 4.78 is 18.9. The van der Waals surface area contributed by atoms with Crippen LogP contribution in [0, 0.1) is 24.6 Å². The van der Waals surface area contributed by atoms with Gasteiger partial charge in [0.25, 0.3) is 0 Å². The van der Waals surface area contributed by atoms with E-state index in [0.29, 0.717) is 11.3 Å². The summed E-state index contributed by atoms with van der Waals surface area (Å²) in [5.74, 6) is 5.76. The number of halogens is 1.